The van der Waals surface area contributed by atoms with Crippen LogP contribution in [-0.2, 0) is 17.8 Å². The lowest BCUT2D eigenvalue weighted by atomic mass is 10.0. The minimum Gasteiger partial charge on any atom is -0.398 e. The number of anilines is 3. The summed E-state index contributed by atoms with van der Waals surface area (Å²) in [7, 11) is 1.98. The molecule has 5 rings (SSSR count). The lowest BCUT2D eigenvalue weighted by Crippen LogP contribution is -2.14. The second-order valence-corrected chi connectivity index (χ2v) is 9.02. The van der Waals surface area contributed by atoms with Gasteiger partial charge in [0.2, 0.25) is 5.91 Å². The van der Waals surface area contributed by atoms with E-state index in [-0.39, 0.29) is 12.3 Å². The summed E-state index contributed by atoms with van der Waals surface area (Å²) >= 11 is 6.03. The number of carbonyl (C=O) groups is 1. The van der Waals surface area contributed by atoms with Crippen LogP contribution in [0.5, 0.6) is 0 Å². The molecule has 0 saturated carbocycles. The second kappa shape index (κ2) is 10.1. The van der Waals surface area contributed by atoms with Crippen LogP contribution in [0.2, 0.25) is 5.02 Å². The average Bonchev–Trinajstić information content (AvgIpc) is 3.24. The molecule has 7 nitrogen and oxygen atoms in total. The predicted molar refractivity (Wildman–Crippen MR) is 149 cm³/mol. The van der Waals surface area contributed by atoms with Crippen LogP contribution in [0, 0.1) is 0 Å². The molecular formula is C27H24BClN6O. The van der Waals surface area contributed by atoms with Crippen molar-refractivity contribution in [1.29, 1.82) is 0 Å². The van der Waals surface area contributed by atoms with E-state index in [1.807, 2.05) is 74.6 Å². The SMILES string of the molecule is Bc1cnn2c(NCc3cccc(NC(=O)Cc4cccc(Cl)c4)c3)cc(-c3ccccc3N)nc12. The first-order chi connectivity index (χ1) is 17.5. The van der Waals surface area contributed by atoms with Crippen molar-refractivity contribution in [2.75, 3.05) is 16.4 Å². The summed E-state index contributed by atoms with van der Waals surface area (Å²) < 4.78 is 1.79. The van der Waals surface area contributed by atoms with Crippen LogP contribution in [0.15, 0.2) is 85.1 Å². The Kier molecular flexibility index (Phi) is 6.60. The fourth-order valence-electron chi connectivity index (χ4n) is 4.06. The van der Waals surface area contributed by atoms with Gasteiger partial charge >= 0.3 is 0 Å². The summed E-state index contributed by atoms with van der Waals surface area (Å²) in [6.45, 7) is 0.528. The number of nitrogens with two attached hydrogens (primary N) is 1. The summed E-state index contributed by atoms with van der Waals surface area (Å²) in [6.07, 6.45) is 2.05. The van der Waals surface area contributed by atoms with E-state index in [0.29, 0.717) is 17.3 Å². The number of halogens is 1. The van der Waals surface area contributed by atoms with Crippen molar-refractivity contribution >= 4 is 53.7 Å². The Balaban J connectivity index is 1.34. The van der Waals surface area contributed by atoms with Gasteiger partial charge < -0.3 is 16.4 Å². The maximum absolute atomic E-state index is 12.5. The molecule has 0 atom stereocenters. The molecule has 178 valence electrons. The predicted octanol–water partition coefficient (Wildman–Crippen LogP) is 3.68. The van der Waals surface area contributed by atoms with E-state index < -0.39 is 0 Å². The van der Waals surface area contributed by atoms with Gasteiger partial charge in [-0.3, -0.25) is 4.79 Å². The number of fused-ring (bicyclic) bond motifs is 1. The molecular weight excluding hydrogens is 471 g/mol. The highest BCUT2D eigenvalue weighted by Crippen LogP contribution is 2.27. The van der Waals surface area contributed by atoms with E-state index in [9.17, 15) is 4.79 Å². The normalized spacial score (nSPS) is 10.9. The van der Waals surface area contributed by atoms with Gasteiger partial charge in [0, 0.05) is 40.8 Å². The maximum atomic E-state index is 12.5. The third kappa shape index (κ3) is 5.19. The molecule has 0 aliphatic carbocycles. The van der Waals surface area contributed by atoms with Crippen molar-refractivity contribution in [2.45, 2.75) is 13.0 Å². The van der Waals surface area contributed by atoms with Gasteiger partial charge in [-0.05, 0) is 46.9 Å². The Morgan fingerprint density at radius 1 is 1.00 bits per heavy atom. The largest absolute Gasteiger partial charge is 0.398 e. The Bertz CT molecular complexity index is 1570. The Hall–Kier alpha value is -4.30. The van der Waals surface area contributed by atoms with Crippen LogP contribution in [0.1, 0.15) is 11.1 Å². The molecule has 0 aliphatic heterocycles. The third-order valence-corrected chi connectivity index (χ3v) is 6.06. The molecule has 0 bridgehead atoms. The van der Waals surface area contributed by atoms with Crippen LogP contribution in [0.3, 0.4) is 0 Å². The lowest BCUT2D eigenvalue weighted by molar-refractivity contribution is -0.115. The molecule has 5 aromatic rings. The van der Waals surface area contributed by atoms with E-state index in [4.69, 9.17) is 22.3 Å². The molecule has 2 aromatic heterocycles. The zero-order valence-corrected chi connectivity index (χ0v) is 20.5. The van der Waals surface area contributed by atoms with Gasteiger partial charge in [0.1, 0.15) is 13.7 Å². The molecule has 3 aromatic carbocycles. The van der Waals surface area contributed by atoms with Gasteiger partial charge in [0.05, 0.1) is 12.1 Å². The molecule has 1 amide bonds. The lowest BCUT2D eigenvalue weighted by Gasteiger charge is -2.13. The number of nitrogens with zero attached hydrogens (tertiary/aromatic N) is 3. The van der Waals surface area contributed by atoms with Gasteiger partial charge in [-0.2, -0.15) is 9.61 Å². The molecule has 0 aliphatic rings. The third-order valence-electron chi connectivity index (χ3n) is 5.82. The monoisotopic (exact) mass is 494 g/mol. The number of nitrogen functional groups attached to an aromatic ring is 1. The van der Waals surface area contributed by atoms with Crippen molar-refractivity contribution in [1.82, 2.24) is 14.6 Å². The number of para-hydroxylation sites is 1. The molecule has 0 unspecified atom stereocenters. The van der Waals surface area contributed by atoms with Gasteiger partial charge in [0.15, 0.2) is 5.65 Å². The van der Waals surface area contributed by atoms with Gasteiger partial charge in [-0.1, -0.05) is 54.1 Å². The summed E-state index contributed by atoms with van der Waals surface area (Å²) in [6, 6.07) is 24.7. The molecule has 2 heterocycles. The van der Waals surface area contributed by atoms with Crippen LogP contribution >= 0.6 is 11.6 Å². The maximum Gasteiger partial charge on any atom is 0.228 e. The van der Waals surface area contributed by atoms with Crippen molar-refractivity contribution < 1.29 is 4.79 Å². The molecule has 0 radical (unpaired) electrons. The van der Waals surface area contributed by atoms with Crippen LogP contribution in [0.4, 0.5) is 17.2 Å². The Morgan fingerprint density at radius 3 is 2.64 bits per heavy atom. The molecule has 36 heavy (non-hydrogen) atoms. The summed E-state index contributed by atoms with van der Waals surface area (Å²) in [4.78, 5) is 17.3. The zero-order valence-electron chi connectivity index (χ0n) is 19.7. The highest BCUT2D eigenvalue weighted by atomic mass is 35.5. The number of hydrogen-bond donors (Lipinski definition) is 3. The van der Waals surface area contributed by atoms with Gasteiger partial charge in [-0.15, -0.1) is 0 Å². The fourth-order valence-corrected chi connectivity index (χ4v) is 4.27. The summed E-state index contributed by atoms with van der Waals surface area (Å²) in [5, 5.41) is 11.5. The quantitative estimate of drug-likeness (QED) is 0.237. The van der Waals surface area contributed by atoms with Crippen LogP contribution < -0.4 is 21.8 Å². The molecule has 0 saturated heterocycles. The van der Waals surface area contributed by atoms with Crippen molar-refractivity contribution in [3.63, 3.8) is 0 Å². The van der Waals surface area contributed by atoms with Crippen LogP contribution in [-0.4, -0.2) is 28.4 Å². The standard InChI is InChI=1S/C27H24BClN6O/c28-22-16-32-35-25(14-24(34-27(22)35)21-9-1-2-10-23(21)30)31-15-18-6-4-8-20(12-18)33-26(36)13-17-5-3-7-19(29)11-17/h1-12,14,16,31H,13,15,28,30H2,(H,33,36). The van der Waals surface area contributed by atoms with E-state index in [1.54, 1.807) is 22.8 Å². The number of aromatic nitrogens is 3. The van der Waals surface area contributed by atoms with E-state index in [2.05, 4.69) is 15.7 Å². The van der Waals surface area contributed by atoms with E-state index >= 15 is 0 Å². The van der Waals surface area contributed by atoms with Crippen molar-refractivity contribution in [3.8, 4) is 11.3 Å². The number of benzene rings is 3. The van der Waals surface area contributed by atoms with Gasteiger partial charge in [0.25, 0.3) is 0 Å². The number of hydrogen-bond acceptors (Lipinski definition) is 5. The fraction of sp³-hybridized carbons (Fsp3) is 0.0741. The van der Waals surface area contributed by atoms with Gasteiger partial charge in [-0.25, -0.2) is 4.98 Å². The Morgan fingerprint density at radius 2 is 1.81 bits per heavy atom. The zero-order chi connectivity index (χ0) is 25.1. The van der Waals surface area contributed by atoms with Crippen LogP contribution in [0.25, 0.3) is 16.9 Å². The summed E-state index contributed by atoms with van der Waals surface area (Å²) in [5.74, 6) is 0.692. The first-order valence-electron chi connectivity index (χ1n) is 11.5. The highest BCUT2D eigenvalue weighted by Gasteiger charge is 2.12. The first-order valence-corrected chi connectivity index (χ1v) is 11.9. The van der Waals surface area contributed by atoms with Crippen molar-refractivity contribution in [3.05, 3.63) is 101 Å². The molecule has 0 fully saturated rings. The topological polar surface area (TPSA) is 97.3 Å². The Labute approximate surface area is 214 Å². The minimum absolute atomic E-state index is 0.102. The average molecular weight is 495 g/mol. The number of nitrogens with one attached hydrogen (secondary N) is 2. The van der Waals surface area contributed by atoms with E-state index in [1.165, 1.54) is 0 Å². The molecule has 9 heteroatoms. The first kappa shape index (κ1) is 23.4. The molecule has 0 spiro atoms. The number of rotatable bonds is 7. The highest BCUT2D eigenvalue weighted by molar-refractivity contribution is 6.36. The van der Waals surface area contributed by atoms with Crippen molar-refractivity contribution in [2.24, 2.45) is 0 Å². The van der Waals surface area contributed by atoms with E-state index in [0.717, 1.165) is 45.0 Å². The number of carbonyl (C=O) groups excluding carboxylic acids is 1. The second-order valence-electron chi connectivity index (χ2n) is 8.59. The summed E-state index contributed by atoms with van der Waals surface area (Å²) in [5.41, 5.74) is 12.9. The molecule has 4 N–H and O–H groups in total. The number of amides is 1. The smallest absolute Gasteiger partial charge is 0.228 e. The minimum atomic E-state index is -0.102.